The Bertz CT molecular complexity index is 699. The molecule has 20 heavy (non-hydrogen) atoms. The molecule has 0 saturated heterocycles. The Morgan fingerprint density at radius 1 is 1.35 bits per heavy atom. The summed E-state index contributed by atoms with van der Waals surface area (Å²) < 4.78 is 27.0. The highest BCUT2D eigenvalue weighted by Gasteiger charge is 2.18. The van der Waals surface area contributed by atoms with E-state index >= 15 is 0 Å². The van der Waals surface area contributed by atoms with Crippen LogP contribution in [0.5, 0.6) is 0 Å². The van der Waals surface area contributed by atoms with E-state index < -0.39 is 11.6 Å². The van der Waals surface area contributed by atoms with Gasteiger partial charge in [0.05, 0.1) is 0 Å². The van der Waals surface area contributed by atoms with Crippen LogP contribution in [0.2, 0.25) is 0 Å². The van der Waals surface area contributed by atoms with Crippen molar-refractivity contribution in [1.29, 1.82) is 0 Å². The molecule has 1 aliphatic rings. The van der Waals surface area contributed by atoms with Crippen molar-refractivity contribution in [2.24, 2.45) is 0 Å². The minimum absolute atomic E-state index is 0.460. The molecular formula is C14H13F2N3S. The van der Waals surface area contributed by atoms with Crippen LogP contribution in [0.15, 0.2) is 24.4 Å². The average Bonchev–Trinajstić information content (AvgIpc) is 2.42. The average molecular weight is 293 g/mol. The van der Waals surface area contributed by atoms with E-state index in [1.54, 1.807) is 6.20 Å². The van der Waals surface area contributed by atoms with Crippen LogP contribution in [0.1, 0.15) is 16.8 Å². The van der Waals surface area contributed by atoms with Crippen LogP contribution in [0, 0.1) is 16.4 Å². The largest absolute Gasteiger partial charge is 0.334 e. The normalized spacial score (nSPS) is 15.1. The van der Waals surface area contributed by atoms with E-state index in [0.29, 0.717) is 23.4 Å². The third kappa shape index (κ3) is 2.76. The fourth-order valence-corrected chi connectivity index (χ4v) is 2.61. The minimum atomic E-state index is -0.549. The summed E-state index contributed by atoms with van der Waals surface area (Å²) in [7, 11) is 0. The highest BCUT2D eigenvalue weighted by atomic mass is 32.1. The van der Waals surface area contributed by atoms with E-state index in [2.05, 4.69) is 14.9 Å². The van der Waals surface area contributed by atoms with Crippen LogP contribution in [-0.4, -0.2) is 21.4 Å². The van der Waals surface area contributed by atoms with Gasteiger partial charge in [-0.1, -0.05) is 6.07 Å². The van der Waals surface area contributed by atoms with Gasteiger partial charge in [-0.15, -0.1) is 0 Å². The molecule has 0 spiro atoms. The van der Waals surface area contributed by atoms with Crippen molar-refractivity contribution < 1.29 is 8.78 Å². The molecule has 0 saturated carbocycles. The lowest BCUT2D eigenvalue weighted by Crippen LogP contribution is -2.31. The van der Waals surface area contributed by atoms with E-state index in [4.69, 9.17) is 12.2 Å². The van der Waals surface area contributed by atoms with Gasteiger partial charge in [0.1, 0.15) is 11.6 Å². The quantitative estimate of drug-likeness (QED) is 0.864. The van der Waals surface area contributed by atoms with Gasteiger partial charge in [0.25, 0.3) is 0 Å². The Labute approximate surface area is 120 Å². The van der Waals surface area contributed by atoms with Crippen molar-refractivity contribution in [2.75, 3.05) is 6.54 Å². The Hall–Kier alpha value is -1.66. The lowest BCUT2D eigenvalue weighted by atomic mass is 10.1. The summed E-state index contributed by atoms with van der Waals surface area (Å²) in [5.41, 5.74) is 2.68. The van der Waals surface area contributed by atoms with Gasteiger partial charge in [-0.3, -0.25) is 4.90 Å². The van der Waals surface area contributed by atoms with E-state index in [1.807, 2.05) is 0 Å². The number of benzene rings is 1. The van der Waals surface area contributed by atoms with Gasteiger partial charge >= 0.3 is 0 Å². The van der Waals surface area contributed by atoms with Crippen LogP contribution in [0.4, 0.5) is 8.78 Å². The molecule has 1 aromatic heterocycles. The summed E-state index contributed by atoms with van der Waals surface area (Å²) in [5.74, 6) is -1.05. The lowest BCUT2D eigenvalue weighted by molar-refractivity contribution is 0.239. The van der Waals surface area contributed by atoms with Gasteiger partial charge in [-0.25, -0.2) is 13.8 Å². The maximum Gasteiger partial charge on any atom is 0.196 e. The first-order valence-electron chi connectivity index (χ1n) is 6.35. The van der Waals surface area contributed by atoms with Gasteiger partial charge in [-0.05, 0) is 18.3 Å². The lowest BCUT2D eigenvalue weighted by Gasteiger charge is -2.28. The number of halogens is 2. The summed E-state index contributed by atoms with van der Waals surface area (Å²) in [6.45, 7) is 1.95. The van der Waals surface area contributed by atoms with E-state index in [1.165, 1.54) is 12.1 Å². The topological polar surface area (TPSA) is 31.9 Å². The molecule has 0 aliphatic carbocycles. The first-order chi connectivity index (χ1) is 9.61. The summed E-state index contributed by atoms with van der Waals surface area (Å²) in [4.78, 5) is 9.26. The molecule has 0 fully saturated rings. The zero-order chi connectivity index (χ0) is 14.1. The first kappa shape index (κ1) is 13.3. The molecule has 3 rings (SSSR count). The zero-order valence-corrected chi connectivity index (χ0v) is 11.5. The molecule has 0 atom stereocenters. The predicted octanol–water partition coefficient (Wildman–Crippen LogP) is 2.98. The Balaban J connectivity index is 1.77. The number of fused-ring (bicyclic) bond motifs is 1. The summed E-state index contributed by atoms with van der Waals surface area (Å²) in [5, 5.41) is 0. The maximum absolute atomic E-state index is 13.7. The van der Waals surface area contributed by atoms with Gasteiger partial charge in [0, 0.05) is 55.1 Å². The summed E-state index contributed by atoms with van der Waals surface area (Å²) in [6.07, 6.45) is 2.59. The molecule has 104 valence electrons. The molecule has 3 nitrogen and oxygen atoms in total. The Morgan fingerprint density at radius 2 is 2.20 bits per heavy atom. The number of aromatic nitrogens is 2. The molecule has 0 unspecified atom stereocenters. The molecule has 1 N–H and O–H groups in total. The molecule has 0 radical (unpaired) electrons. The van der Waals surface area contributed by atoms with Crippen molar-refractivity contribution in [3.63, 3.8) is 0 Å². The first-order valence-corrected chi connectivity index (χ1v) is 6.76. The fraction of sp³-hybridized carbons (Fsp3) is 0.286. The molecule has 0 bridgehead atoms. The van der Waals surface area contributed by atoms with Crippen molar-refractivity contribution in [3.8, 4) is 0 Å². The van der Waals surface area contributed by atoms with Crippen LogP contribution in [-0.2, 0) is 19.5 Å². The standard InChI is InChI=1S/C14H13F2N3S/c15-11-2-1-9(12(16)5-11)7-19-4-3-13-10(8-19)6-17-14(20)18-13/h1-2,5-6H,3-4,7-8H2,(H,17,18,20). The zero-order valence-electron chi connectivity index (χ0n) is 10.7. The second-order valence-electron chi connectivity index (χ2n) is 4.89. The van der Waals surface area contributed by atoms with Gasteiger partial charge in [-0.2, -0.15) is 0 Å². The highest BCUT2D eigenvalue weighted by molar-refractivity contribution is 7.71. The second-order valence-corrected chi connectivity index (χ2v) is 5.28. The van der Waals surface area contributed by atoms with Crippen molar-refractivity contribution >= 4 is 12.2 Å². The second kappa shape index (κ2) is 5.38. The van der Waals surface area contributed by atoms with E-state index in [9.17, 15) is 8.78 Å². The van der Waals surface area contributed by atoms with Crippen LogP contribution in [0.3, 0.4) is 0 Å². The van der Waals surface area contributed by atoms with Crippen LogP contribution >= 0.6 is 12.2 Å². The number of hydrogen-bond acceptors (Lipinski definition) is 3. The summed E-state index contributed by atoms with van der Waals surface area (Å²) in [6, 6.07) is 3.71. The fourth-order valence-electron chi connectivity index (χ4n) is 2.43. The molecule has 0 amide bonds. The highest BCUT2D eigenvalue weighted by Crippen LogP contribution is 2.19. The monoisotopic (exact) mass is 293 g/mol. The van der Waals surface area contributed by atoms with Crippen LogP contribution < -0.4 is 0 Å². The van der Waals surface area contributed by atoms with Crippen molar-refractivity contribution in [1.82, 2.24) is 14.9 Å². The molecule has 1 aliphatic heterocycles. The van der Waals surface area contributed by atoms with Crippen LogP contribution in [0.25, 0.3) is 0 Å². The van der Waals surface area contributed by atoms with Crippen molar-refractivity contribution in [2.45, 2.75) is 19.5 Å². The third-order valence-corrected chi connectivity index (χ3v) is 3.67. The number of nitrogens with one attached hydrogen (secondary N) is 1. The van der Waals surface area contributed by atoms with E-state index in [-0.39, 0.29) is 0 Å². The minimum Gasteiger partial charge on any atom is -0.334 e. The van der Waals surface area contributed by atoms with Crippen molar-refractivity contribution in [3.05, 3.63) is 57.6 Å². The number of nitrogens with zero attached hydrogens (tertiary/aromatic N) is 2. The molecular weight excluding hydrogens is 280 g/mol. The molecule has 2 aromatic rings. The number of rotatable bonds is 2. The Kier molecular flexibility index (Phi) is 3.58. The smallest absolute Gasteiger partial charge is 0.196 e. The molecule has 6 heteroatoms. The number of aromatic amines is 1. The Morgan fingerprint density at radius 3 is 3.00 bits per heavy atom. The number of H-pyrrole nitrogens is 1. The maximum atomic E-state index is 13.7. The van der Waals surface area contributed by atoms with Gasteiger partial charge in [0.15, 0.2) is 4.77 Å². The third-order valence-electron chi connectivity index (χ3n) is 3.46. The van der Waals surface area contributed by atoms with Gasteiger partial charge in [0.2, 0.25) is 0 Å². The summed E-state index contributed by atoms with van der Waals surface area (Å²) >= 11 is 5.00. The molecule has 1 aromatic carbocycles. The predicted molar refractivity (Wildman–Crippen MR) is 73.6 cm³/mol. The van der Waals surface area contributed by atoms with Gasteiger partial charge < -0.3 is 4.98 Å². The number of hydrogen-bond donors (Lipinski definition) is 1. The SMILES string of the molecule is Fc1ccc(CN2CCc3[nH]c(=S)ncc3C2)c(F)c1. The molecule has 2 heterocycles. The van der Waals surface area contributed by atoms with E-state index in [0.717, 1.165) is 30.3 Å².